The van der Waals surface area contributed by atoms with Crippen LogP contribution >= 0.6 is 11.8 Å². The van der Waals surface area contributed by atoms with Crippen molar-refractivity contribution in [1.82, 2.24) is 0 Å². The summed E-state index contributed by atoms with van der Waals surface area (Å²) in [6.45, 7) is 0. The summed E-state index contributed by atoms with van der Waals surface area (Å²) < 4.78 is 0. The molecule has 3 nitrogen and oxygen atoms in total. The maximum Gasteiger partial charge on any atom is 0.136 e. The summed E-state index contributed by atoms with van der Waals surface area (Å²) in [5.74, 6) is 2.32. The molecular formula is C18H28N2OS. The molecule has 4 rings (SSSR count). The van der Waals surface area contributed by atoms with Gasteiger partial charge in [-0.25, -0.2) is 0 Å². The molecule has 0 aromatic heterocycles. The number of Topliss-reactive ketones (excluding diaryl/α,β-unsaturated/α-hetero) is 1. The molecule has 2 spiro atoms. The van der Waals surface area contributed by atoms with Crippen molar-refractivity contribution in [2.45, 2.75) is 93.2 Å². The second-order valence-corrected chi connectivity index (χ2v) is 9.72. The molecular weight excluding hydrogens is 292 g/mol. The lowest BCUT2D eigenvalue weighted by Crippen LogP contribution is -2.35. The number of ketones is 1. The first-order valence-corrected chi connectivity index (χ1v) is 10.2. The normalized spacial score (nSPS) is 43.3. The molecule has 3 aliphatic carbocycles. The van der Waals surface area contributed by atoms with Gasteiger partial charge in [0.05, 0.1) is 0 Å². The molecule has 0 bridgehead atoms. The predicted molar refractivity (Wildman–Crippen MR) is 89.9 cm³/mol. The van der Waals surface area contributed by atoms with E-state index in [4.69, 9.17) is 5.11 Å². The number of hydrogen-bond acceptors (Lipinski definition) is 4. The zero-order valence-electron chi connectivity index (χ0n) is 13.6. The Hall–Kier alpha value is -0.380. The molecule has 3 fully saturated rings. The zero-order chi connectivity index (χ0) is 15.0. The number of azo groups is 1. The number of carbonyl (C=O) groups is 1. The van der Waals surface area contributed by atoms with Crippen LogP contribution in [0.4, 0.5) is 0 Å². The SMILES string of the molecule is O=C1CCCC2(C1)N=NC1(CCC(C3CCCCC3)CC1)S2. The maximum absolute atomic E-state index is 11.8. The minimum atomic E-state index is -0.174. The lowest BCUT2D eigenvalue weighted by molar-refractivity contribution is -0.120. The zero-order valence-corrected chi connectivity index (χ0v) is 14.4. The molecule has 4 aliphatic rings. The van der Waals surface area contributed by atoms with Crippen LogP contribution in [0.1, 0.15) is 83.5 Å². The van der Waals surface area contributed by atoms with Crippen molar-refractivity contribution >= 4 is 17.5 Å². The Labute approximate surface area is 138 Å². The topological polar surface area (TPSA) is 41.8 Å². The molecule has 0 aromatic carbocycles. The van der Waals surface area contributed by atoms with E-state index in [9.17, 15) is 4.79 Å². The van der Waals surface area contributed by atoms with Gasteiger partial charge in [0.2, 0.25) is 0 Å². The highest BCUT2D eigenvalue weighted by Crippen LogP contribution is 2.58. The molecule has 1 unspecified atom stereocenters. The highest BCUT2D eigenvalue weighted by molar-refractivity contribution is 8.02. The molecule has 3 saturated carbocycles. The van der Waals surface area contributed by atoms with E-state index in [0.29, 0.717) is 12.2 Å². The van der Waals surface area contributed by atoms with Crippen molar-refractivity contribution in [3.8, 4) is 0 Å². The summed E-state index contributed by atoms with van der Waals surface area (Å²) in [6, 6.07) is 0. The van der Waals surface area contributed by atoms with Gasteiger partial charge >= 0.3 is 0 Å². The van der Waals surface area contributed by atoms with Gasteiger partial charge in [0.15, 0.2) is 0 Å². The van der Waals surface area contributed by atoms with Gasteiger partial charge in [-0.3, -0.25) is 4.79 Å². The fraction of sp³-hybridized carbons (Fsp3) is 0.944. The number of carbonyl (C=O) groups excluding carboxylic acids is 1. The van der Waals surface area contributed by atoms with Crippen molar-refractivity contribution in [2.24, 2.45) is 22.1 Å². The van der Waals surface area contributed by atoms with Crippen LogP contribution in [-0.2, 0) is 4.79 Å². The molecule has 1 heterocycles. The third-order valence-corrected chi connectivity index (χ3v) is 8.10. The van der Waals surface area contributed by atoms with Crippen LogP contribution in [-0.4, -0.2) is 15.5 Å². The summed E-state index contributed by atoms with van der Waals surface area (Å²) in [5.41, 5.74) is 0. The Kier molecular flexibility index (Phi) is 4.08. The highest BCUT2D eigenvalue weighted by atomic mass is 32.2. The Balaban J connectivity index is 1.37. The summed E-state index contributed by atoms with van der Waals surface area (Å²) in [7, 11) is 0. The van der Waals surface area contributed by atoms with Crippen molar-refractivity contribution in [3.63, 3.8) is 0 Å². The Morgan fingerprint density at radius 2 is 1.50 bits per heavy atom. The monoisotopic (exact) mass is 320 g/mol. The second kappa shape index (κ2) is 5.92. The molecule has 0 radical (unpaired) electrons. The van der Waals surface area contributed by atoms with Gasteiger partial charge in [0.25, 0.3) is 0 Å². The second-order valence-electron chi connectivity index (χ2n) is 8.00. The lowest BCUT2D eigenvalue weighted by atomic mass is 9.72. The van der Waals surface area contributed by atoms with Crippen molar-refractivity contribution in [2.75, 3.05) is 0 Å². The summed E-state index contributed by atoms with van der Waals surface area (Å²) >= 11 is 1.96. The average Bonchev–Trinajstić information content (AvgIpc) is 2.86. The van der Waals surface area contributed by atoms with Crippen molar-refractivity contribution in [1.29, 1.82) is 0 Å². The highest BCUT2D eigenvalue weighted by Gasteiger charge is 2.51. The summed E-state index contributed by atoms with van der Waals surface area (Å²) in [5, 5.41) is 9.41. The summed E-state index contributed by atoms with van der Waals surface area (Å²) in [4.78, 5) is 11.7. The standard InChI is InChI=1S/C18H28N2OS/c21-16-7-4-10-18(13-16)20-19-17(22-18)11-8-15(9-12-17)14-5-2-1-3-6-14/h14-15H,1-13H2. The van der Waals surface area contributed by atoms with Gasteiger partial charge in [-0.1, -0.05) is 43.9 Å². The largest absolute Gasteiger partial charge is 0.300 e. The molecule has 0 amide bonds. The fourth-order valence-corrected chi connectivity index (χ4v) is 6.96. The molecule has 4 heteroatoms. The number of nitrogens with zero attached hydrogens (tertiary/aromatic N) is 2. The van der Waals surface area contributed by atoms with E-state index in [2.05, 4.69) is 5.11 Å². The first-order chi connectivity index (χ1) is 10.7. The summed E-state index contributed by atoms with van der Waals surface area (Å²) in [6.07, 6.45) is 15.8. The first-order valence-electron chi connectivity index (χ1n) is 9.35. The van der Waals surface area contributed by atoms with E-state index in [-0.39, 0.29) is 9.74 Å². The van der Waals surface area contributed by atoms with Crippen LogP contribution in [0.5, 0.6) is 0 Å². The van der Waals surface area contributed by atoms with E-state index in [1.165, 1.54) is 57.8 Å². The Morgan fingerprint density at radius 3 is 2.23 bits per heavy atom. The number of thioether (sulfide) groups is 1. The number of hydrogen-bond donors (Lipinski definition) is 0. The first kappa shape index (κ1) is 15.2. The van der Waals surface area contributed by atoms with Gasteiger partial charge in [-0.2, -0.15) is 10.2 Å². The van der Waals surface area contributed by atoms with Crippen LogP contribution in [0.25, 0.3) is 0 Å². The molecule has 0 N–H and O–H groups in total. The molecule has 122 valence electrons. The fourth-order valence-electron chi connectivity index (χ4n) is 5.17. The van der Waals surface area contributed by atoms with Gasteiger partial charge < -0.3 is 0 Å². The van der Waals surface area contributed by atoms with Crippen molar-refractivity contribution < 1.29 is 4.79 Å². The number of rotatable bonds is 1. The third-order valence-electron chi connectivity index (χ3n) is 6.42. The van der Waals surface area contributed by atoms with E-state index in [0.717, 1.165) is 31.1 Å². The van der Waals surface area contributed by atoms with E-state index < -0.39 is 0 Å². The van der Waals surface area contributed by atoms with Gasteiger partial charge in [0, 0.05) is 12.8 Å². The minimum absolute atomic E-state index is 0.0305. The van der Waals surface area contributed by atoms with E-state index in [1.54, 1.807) is 0 Å². The van der Waals surface area contributed by atoms with Gasteiger partial charge in [-0.05, 0) is 50.4 Å². The molecule has 22 heavy (non-hydrogen) atoms. The Morgan fingerprint density at radius 1 is 0.818 bits per heavy atom. The van der Waals surface area contributed by atoms with E-state index >= 15 is 0 Å². The van der Waals surface area contributed by atoms with Crippen LogP contribution in [0.2, 0.25) is 0 Å². The van der Waals surface area contributed by atoms with Gasteiger partial charge in [0.1, 0.15) is 15.5 Å². The van der Waals surface area contributed by atoms with Gasteiger partial charge in [-0.15, -0.1) is 0 Å². The average molecular weight is 321 g/mol. The third kappa shape index (κ3) is 2.88. The molecule has 1 atom stereocenters. The molecule has 1 aliphatic heterocycles. The lowest BCUT2D eigenvalue weighted by Gasteiger charge is -2.40. The van der Waals surface area contributed by atoms with Crippen LogP contribution in [0.15, 0.2) is 10.2 Å². The minimum Gasteiger partial charge on any atom is -0.300 e. The van der Waals surface area contributed by atoms with E-state index in [1.807, 2.05) is 11.8 Å². The van der Waals surface area contributed by atoms with Crippen LogP contribution < -0.4 is 0 Å². The van der Waals surface area contributed by atoms with Crippen LogP contribution in [0.3, 0.4) is 0 Å². The Bertz CT molecular complexity index is 464. The molecule has 0 aromatic rings. The maximum atomic E-state index is 11.8. The smallest absolute Gasteiger partial charge is 0.136 e. The predicted octanol–water partition coefficient (Wildman–Crippen LogP) is 5.49. The molecule has 0 saturated heterocycles. The van der Waals surface area contributed by atoms with Crippen LogP contribution in [0, 0.1) is 11.8 Å². The van der Waals surface area contributed by atoms with Crippen molar-refractivity contribution in [3.05, 3.63) is 0 Å². The quantitative estimate of drug-likeness (QED) is 0.641.